The Kier molecular flexibility index (Phi) is 4.75. The van der Waals surface area contributed by atoms with E-state index in [1.807, 2.05) is 41.3 Å². The quantitative estimate of drug-likeness (QED) is 0.769. The molecule has 1 aliphatic carbocycles. The number of nitrogens with one attached hydrogen (secondary N) is 1. The fourth-order valence-corrected chi connectivity index (χ4v) is 2.80. The van der Waals surface area contributed by atoms with Gasteiger partial charge in [0.15, 0.2) is 0 Å². The highest BCUT2D eigenvalue weighted by Gasteiger charge is 2.26. The van der Waals surface area contributed by atoms with Gasteiger partial charge in [0.25, 0.3) is 0 Å². The van der Waals surface area contributed by atoms with E-state index in [2.05, 4.69) is 10.4 Å². The number of aromatic nitrogens is 2. The van der Waals surface area contributed by atoms with E-state index >= 15 is 0 Å². The maximum absolute atomic E-state index is 9.26. The van der Waals surface area contributed by atoms with Crippen LogP contribution in [0.4, 0.5) is 0 Å². The van der Waals surface area contributed by atoms with Crippen LogP contribution in [0.3, 0.4) is 0 Å². The van der Waals surface area contributed by atoms with Crippen LogP contribution in [0.1, 0.15) is 24.8 Å². The van der Waals surface area contributed by atoms with Crippen molar-refractivity contribution in [1.29, 1.82) is 0 Å². The molecule has 22 heavy (non-hydrogen) atoms. The summed E-state index contributed by atoms with van der Waals surface area (Å²) in [4.78, 5) is 0. The maximum Gasteiger partial charge on any atom is 0.119 e. The first-order chi connectivity index (χ1) is 10.7. The smallest absolute Gasteiger partial charge is 0.119 e. The molecule has 0 aliphatic heterocycles. The molecule has 1 aromatic heterocycles. The van der Waals surface area contributed by atoms with Crippen LogP contribution in [0.25, 0.3) is 5.69 Å². The van der Waals surface area contributed by atoms with E-state index in [0.717, 1.165) is 43.8 Å². The third kappa shape index (κ3) is 3.67. The average Bonchev–Trinajstić information content (AvgIpc) is 2.98. The highest BCUT2D eigenvalue weighted by molar-refractivity contribution is 5.37. The molecule has 5 nitrogen and oxygen atoms in total. The monoisotopic (exact) mass is 301 g/mol. The van der Waals surface area contributed by atoms with Gasteiger partial charge in [0.2, 0.25) is 0 Å². The molecule has 0 bridgehead atoms. The molecule has 0 radical (unpaired) electrons. The first-order valence-electron chi connectivity index (χ1n) is 7.81. The molecule has 0 saturated heterocycles. The van der Waals surface area contributed by atoms with Gasteiger partial charge in [-0.15, -0.1) is 0 Å². The van der Waals surface area contributed by atoms with Gasteiger partial charge in [0.1, 0.15) is 5.75 Å². The summed E-state index contributed by atoms with van der Waals surface area (Å²) < 4.78 is 7.03. The molecule has 1 aliphatic rings. The van der Waals surface area contributed by atoms with E-state index in [-0.39, 0.29) is 6.10 Å². The number of hydrogen-bond acceptors (Lipinski definition) is 4. The van der Waals surface area contributed by atoms with Crippen LogP contribution >= 0.6 is 0 Å². The number of methoxy groups -OCH3 is 1. The first-order valence-corrected chi connectivity index (χ1v) is 7.81. The topological polar surface area (TPSA) is 59.3 Å². The van der Waals surface area contributed by atoms with Crippen molar-refractivity contribution in [2.75, 3.05) is 13.7 Å². The molecule has 1 aromatic carbocycles. The van der Waals surface area contributed by atoms with E-state index in [0.29, 0.717) is 5.92 Å². The summed E-state index contributed by atoms with van der Waals surface area (Å²) in [5, 5.41) is 17.1. The normalized spacial score (nSPS) is 20.6. The van der Waals surface area contributed by atoms with E-state index in [9.17, 15) is 5.11 Å². The fraction of sp³-hybridized carbons (Fsp3) is 0.471. The van der Waals surface area contributed by atoms with Crippen molar-refractivity contribution in [3.05, 3.63) is 42.2 Å². The Balaban J connectivity index is 1.46. The van der Waals surface area contributed by atoms with Crippen molar-refractivity contribution in [2.45, 2.75) is 31.9 Å². The molecule has 2 N–H and O–H groups in total. The Labute approximate surface area is 130 Å². The van der Waals surface area contributed by atoms with Crippen LogP contribution in [0, 0.1) is 5.92 Å². The molecule has 0 spiro atoms. The van der Waals surface area contributed by atoms with E-state index < -0.39 is 0 Å². The summed E-state index contributed by atoms with van der Waals surface area (Å²) in [6.07, 6.45) is 6.97. The van der Waals surface area contributed by atoms with E-state index in [1.165, 1.54) is 5.56 Å². The van der Waals surface area contributed by atoms with Crippen LogP contribution in [0.5, 0.6) is 5.75 Å². The molecule has 0 atom stereocenters. The number of hydrogen-bond donors (Lipinski definition) is 2. The van der Waals surface area contributed by atoms with Crippen LogP contribution < -0.4 is 10.1 Å². The third-order valence-corrected chi connectivity index (χ3v) is 4.24. The van der Waals surface area contributed by atoms with Crippen molar-refractivity contribution in [2.24, 2.45) is 5.92 Å². The lowest BCUT2D eigenvalue weighted by atomic mass is 9.80. The van der Waals surface area contributed by atoms with E-state index in [1.54, 1.807) is 7.11 Å². The first kappa shape index (κ1) is 15.1. The summed E-state index contributed by atoms with van der Waals surface area (Å²) >= 11 is 0. The van der Waals surface area contributed by atoms with Gasteiger partial charge in [-0.2, -0.15) is 5.10 Å². The minimum Gasteiger partial charge on any atom is -0.497 e. The number of aliphatic hydroxyl groups is 1. The Hall–Kier alpha value is -1.85. The predicted molar refractivity (Wildman–Crippen MR) is 85.2 cm³/mol. The molecule has 1 heterocycles. The van der Waals surface area contributed by atoms with Crippen molar-refractivity contribution in [1.82, 2.24) is 15.1 Å². The molecule has 0 amide bonds. The van der Waals surface area contributed by atoms with Gasteiger partial charge < -0.3 is 15.2 Å². The number of benzene rings is 1. The summed E-state index contributed by atoms with van der Waals surface area (Å²) in [5.74, 6) is 1.54. The standard InChI is InChI=1S/C17H23N3O2/c1-22-17-4-2-15(3-5-17)20-12-14(11-19-20)10-18-7-6-13-8-16(21)9-13/h2-5,11-13,16,18,21H,6-10H2,1H3. The molecular weight excluding hydrogens is 278 g/mol. The predicted octanol–water partition coefficient (Wildman–Crippen LogP) is 2.13. The lowest BCUT2D eigenvalue weighted by Gasteiger charge is -2.31. The van der Waals surface area contributed by atoms with E-state index in [4.69, 9.17) is 4.74 Å². The largest absolute Gasteiger partial charge is 0.497 e. The SMILES string of the molecule is COc1ccc(-n2cc(CNCCC3CC(O)C3)cn2)cc1. The molecule has 1 saturated carbocycles. The van der Waals surface area contributed by atoms with Crippen LogP contribution in [0.2, 0.25) is 0 Å². The molecule has 5 heteroatoms. The minimum absolute atomic E-state index is 0.0484. The van der Waals surface area contributed by atoms with Gasteiger partial charge in [0.05, 0.1) is 25.1 Å². The zero-order chi connectivity index (χ0) is 15.4. The minimum atomic E-state index is -0.0484. The summed E-state index contributed by atoms with van der Waals surface area (Å²) in [6, 6.07) is 7.85. The fourth-order valence-electron chi connectivity index (χ4n) is 2.80. The number of nitrogens with zero attached hydrogens (tertiary/aromatic N) is 2. The molecule has 0 unspecified atom stereocenters. The van der Waals surface area contributed by atoms with Gasteiger partial charge in [-0.05, 0) is 56.0 Å². The Bertz CT molecular complexity index is 588. The van der Waals surface area contributed by atoms with Gasteiger partial charge in [-0.25, -0.2) is 4.68 Å². The maximum atomic E-state index is 9.26. The molecule has 1 fully saturated rings. The van der Waals surface area contributed by atoms with Gasteiger partial charge in [0, 0.05) is 18.3 Å². The zero-order valence-corrected chi connectivity index (χ0v) is 12.9. The van der Waals surface area contributed by atoms with Gasteiger partial charge in [-0.1, -0.05) is 0 Å². The molecular formula is C17H23N3O2. The summed E-state index contributed by atoms with van der Waals surface area (Å²) in [7, 11) is 1.66. The Morgan fingerprint density at radius 1 is 1.32 bits per heavy atom. The lowest BCUT2D eigenvalue weighted by Crippen LogP contribution is -2.30. The second kappa shape index (κ2) is 6.94. The Morgan fingerprint density at radius 2 is 2.09 bits per heavy atom. The van der Waals surface area contributed by atoms with Crippen molar-refractivity contribution >= 4 is 0 Å². The zero-order valence-electron chi connectivity index (χ0n) is 12.9. The van der Waals surface area contributed by atoms with Gasteiger partial charge >= 0.3 is 0 Å². The van der Waals surface area contributed by atoms with Crippen LogP contribution in [0.15, 0.2) is 36.7 Å². The van der Waals surface area contributed by atoms with Crippen molar-refractivity contribution in [3.63, 3.8) is 0 Å². The number of ether oxygens (including phenoxy) is 1. The number of aliphatic hydroxyl groups excluding tert-OH is 1. The second-order valence-electron chi connectivity index (χ2n) is 5.95. The Morgan fingerprint density at radius 3 is 2.77 bits per heavy atom. The van der Waals surface area contributed by atoms with Crippen LogP contribution in [-0.2, 0) is 6.54 Å². The number of rotatable bonds is 7. The highest BCUT2D eigenvalue weighted by Crippen LogP contribution is 2.29. The second-order valence-corrected chi connectivity index (χ2v) is 5.95. The van der Waals surface area contributed by atoms with Crippen molar-refractivity contribution in [3.8, 4) is 11.4 Å². The van der Waals surface area contributed by atoms with Crippen molar-refractivity contribution < 1.29 is 9.84 Å². The highest BCUT2D eigenvalue weighted by atomic mass is 16.5. The third-order valence-electron chi connectivity index (χ3n) is 4.24. The average molecular weight is 301 g/mol. The molecule has 2 aromatic rings. The molecule has 3 rings (SSSR count). The lowest BCUT2D eigenvalue weighted by molar-refractivity contribution is 0.0393. The summed E-state index contributed by atoms with van der Waals surface area (Å²) in [5.41, 5.74) is 2.19. The molecule has 118 valence electrons. The van der Waals surface area contributed by atoms with Gasteiger partial charge in [-0.3, -0.25) is 0 Å². The summed E-state index contributed by atoms with van der Waals surface area (Å²) in [6.45, 7) is 1.82. The van der Waals surface area contributed by atoms with Crippen LogP contribution in [-0.4, -0.2) is 34.6 Å².